The van der Waals surface area contributed by atoms with Gasteiger partial charge in [-0.05, 0) is 37.1 Å². The number of aliphatic hydroxyl groups is 3. The molecule has 4 unspecified atom stereocenters. The highest BCUT2D eigenvalue weighted by molar-refractivity contribution is 5.96. The monoisotopic (exact) mass is 477 g/mol. The molecule has 2 aliphatic carbocycles. The molecule has 184 valence electrons. The molecule has 11 nitrogen and oxygen atoms in total. The van der Waals surface area contributed by atoms with Crippen LogP contribution in [-0.4, -0.2) is 87.7 Å². The summed E-state index contributed by atoms with van der Waals surface area (Å²) in [5.41, 5.74) is 0.943. The topological polar surface area (TPSA) is 175 Å². The fourth-order valence-electron chi connectivity index (χ4n) is 5.97. The number of ketones is 1. The number of carbonyl (C=O) groups excluding carboxylic acids is 1. The van der Waals surface area contributed by atoms with Crippen molar-refractivity contribution in [2.45, 2.75) is 61.4 Å². The number of allylic oxidation sites excluding steroid dienone is 1. The molecular weight excluding hydrogens is 450 g/mol. The SMILES string of the molecule is COc1ccc2c(c1O)C13CCNC(C2)C1C=C(OC1O[C@H](C(=O)O)[C@@H](O)[C@H](O)[C@H]1O)C(=O)C3. The second-order valence-electron chi connectivity index (χ2n) is 9.33. The van der Waals surface area contributed by atoms with Gasteiger partial charge in [0.1, 0.15) is 18.3 Å². The molecule has 4 aliphatic rings. The highest BCUT2D eigenvalue weighted by Crippen LogP contribution is 2.56. The maximum atomic E-state index is 13.3. The minimum atomic E-state index is -1.86. The number of aromatic hydroxyl groups is 1. The third-order valence-corrected chi connectivity index (χ3v) is 7.57. The van der Waals surface area contributed by atoms with Crippen LogP contribution >= 0.6 is 0 Å². The fourth-order valence-corrected chi connectivity index (χ4v) is 5.97. The molecule has 1 aromatic carbocycles. The number of methoxy groups -OCH3 is 1. The van der Waals surface area contributed by atoms with E-state index in [9.17, 15) is 35.1 Å². The fraction of sp³-hybridized carbons (Fsp3) is 0.565. The standard InChI is InChI=1S/C23H27NO10/c1-32-13-3-2-9-6-11-10-7-14(12(25)8-23(10,4-5-24-11)15(9)16(13)26)33-22-19(29)17(27)18(28)20(34-22)21(30)31/h2-3,7,10-11,17-20,22,24,26-29H,4-6,8H2,1H3,(H,30,31)/t10?,11?,17-,18-,19+,20-,22?,23?/m0/s1. The number of hydrogen-bond donors (Lipinski definition) is 6. The predicted octanol–water partition coefficient (Wildman–Crippen LogP) is -1.06. The van der Waals surface area contributed by atoms with Crippen molar-refractivity contribution < 1.29 is 49.3 Å². The molecule has 11 heteroatoms. The van der Waals surface area contributed by atoms with Crippen LogP contribution in [0.5, 0.6) is 11.5 Å². The number of carboxylic acid groups (broad SMARTS) is 1. The van der Waals surface area contributed by atoms with Gasteiger partial charge in [-0.3, -0.25) is 4.79 Å². The molecule has 6 N–H and O–H groups in total. The molecule has 0 spiro atoms. The van der Waals surface area contributed by atoms with E-state index in [1.807, 2.05) is 6.07 Å². The molecule has 0 radical (unpaired) electrons. The van der Waals surface area contributed by atoms with Gasteiger partial charge < -0.3 is 45.1 Å². The Morgan fingerprint density at radius 3 is 2.68 bits per heavy atom. The number of aliphatic hydroxyl groups excluding tert-OH is 3. The van der Waals surface area contributed by atoms with Gasteiger partial charge in [0.05, 0.1) is 7.11 Å². The first-order valence-electron chi connectivity index (χ1n) is 11.1. The van der Waals surface area contributed by atoms with Crippen molar-refractivity contribution in [3.63, 3.8) is 0 Å². The van der Waals surface area contributed by atoms with Crippen LogP contribution in [0, 0.1) is 5.92 Å². The highest BCUT2D eigenvalue weighted by atomic mass is 16.7. The van der Waals surface area contributed by atoms with E-state index in [2.05, 4.69) is 5.32 Å². The summed E-state index contributed by atoms with van der Waals surface area (Å²) in [7, 11) is 1.47. The Morgan fingerprint density at radius 1 is 1.21 bits per heavy atom. The van der Waals surface area contributed by atoms with Gasteiger partial charge in [0, 0.05) is 29.4 Å². The summed E-state index contributed by atoms with van der Waals surface area (Å²) >= 11 is 0. The zero-order valence-electron chi connectivity index (χ0n) is 18.4. The minimum absolute atomic E-state index is 0.0170. The Hall–Kier alpha value is -2.70. The summed E-state index contributed by atoms with van der Waals surface area (Å²) in [5, 5.41) is 53.9. The van der Waals surface area contributed by atoms with Crippen molar-refractivity contribution in [1.29, 1.82) is 0 Å². The van der Waals surface area contributed by atoms with Crippen LogP contribution in [0.1, 0.15) is 24.0 Å². The van der Waals surface area contributed by atoms with Crippen molar-refractivity contribution in [2.24, 2.45) is 5.92 Å². The Morgan fingerprint density at radius 2 is 1.97 bits per heavy atom. The van der Waals surface area contributed by atoms with E-state index in [1.165, 1.54) is 7.11 Å². The van der Waals surface area contributed by atoms with Gasteiger partial charge in [0.2, 0.25) is 6.29 Å². The van der Waals surface area contributed by atoms with Gasteiger partial charge in [-0.2, -0.15) is 0 Å². The maximum Gasteiger partial charge on any atom is 0.335 e. The van der Waals surface area contributed by atoms with Crippen LogP contribution in [0.4, 0.5) is 0 Å². The highest BCUT2D eigenvalue weighted by Gasteiger charge is 2.56. The molecule has 0 aromatic heterocycles. The van der Waals surface area contributed by atoms with Crippen molar-refractivity contribution >= 4 is 11.8 Å². The van der Waals surface area contributed by atoms with Crippen LogP contribution in [-0.2, 0) is 30.9 Å². The summed E-state index contributed by atoms with van der Waals surface area (Å²) in [4.78, 5) is 24.7. The van der Waals surface area contributed by atoms with Crippen molar-refractivity contribution in [2.75, 3.05) is 13.7 Å². The third-order valence-electron chi connectivity index (χ3n) is 7.57. The van der Waals surface area contributed by atoms with Crippen LogP contribution in [0.2, 0.25) is 0 Å². The van der Waals surface area contributed by atoms with Gasteiger partial charge >= 0.3 is 5.97 Å². The number of Topliss-reactive ketones (excluding diaryl/α,β-unsaturated/α-hetero) is 1. The molecule has 2 aliphatic heterocycles. The molecule has 2 bridgehead atoms. The summed E-state index contributed by atoms with van der Waals surface area (Å²) in [6.45, 7) is 0.656. The molecule has 2 saturated heterocycles. The largest absolute Gasteiger partial charge is 0.504 e. The number of hydrogen-bond acceptors (Lipinski definition) is 10. The second-order valence-corrected chi connectivity index (χ2v) is 9.33. The Kier molecular flexibility index (Phi) is 5.57. The number of rotatable bonds is 4. The third kappa shape index (κ3) is 3.30. The Labute approximate surface area is 194 Å². The number of phenols is 1. The lowest BCUT2D eigenvalue weighted by atomic mass is 9.54. The van der Waals surface area contributed by atoms with Gasteiger partial charge in [0.15, 0.2) is 29.1 Å². The van der Waals surface area contributed by atoms with E-state index in [0.29, 0.717) is 30.7 Å². The number of phenolic OH excluding ortho intramolecular Hbond substituents is 1. The number of aliphatic carboxylic acids is 1. The van der Waals surface area contributed by atoms with E-state index in [1.54, 1.807) is 12.1 Å². The first-order chi connectivity index (χ1) is 16.2. The second kappa shape index (κ2) is 8.21. The van der Waals surface area contributed by atoms with Crippen LogP contribution in [0.3, 0.4) is 0 Å². The lowest BCUT2D eigenvalue weighted by Gasteiger charge is -2.54. The maximum absolute atomic E-state index is 13.3. The minimum Gasteiger partial charge on any atom is -0.504 e. The molecule has 2 heterocycles. The number of piperidine rings is 1. The smallest absolute Gasteiger partial charge is 0.335 e. The molecule has 0 saturated carbocycles. The quantitative estimate of drug-likeness (QED) is 0.312. The molecule has 0 amide bonds. The normalized spacial score (nSPS) is 38.9. The number of fused-ring (bicyclic) bond motifs is 1. The van der Waals surface area contributed by atoms with Crippen LogP contribution in [0.25, 0.3) is 0 Å². The van der Waals surface area contributed by atoms with Crippen molar-refractivity contribution in [3.8, 4) is 11.5 Å². The summed E-state index contributed by atoms with van der Waals surface area (Å²) in [6, 6.07) is 3.56. The van der Waals surface area contributed by atoms with Gasteiger partial charge in [-0.1, -0.05) is 6.07 Å². The van der Waals surface area contributed by atoms with Crippen LogP contribution < -0.4 is 10.1 Å². The zero-order chi connectivity index (χ0) is 24.4. The zero-order valence-corrected chi connectivity index (χ0v) is 18.4. The van der Waals surface area contributed by atoms with Gasteiger partial charge in [-0.25, -0.2) is 4.79 Å². The molecule has 1 aromatic rings. The summed E-state index contributed by atoms with van der Waals surface area (Å²) in [5.74, 6) is -1.96. The number of nitrogens with one attached hydrogen (secondary N) is 1. The van der Waals surface area contributed by atoms with E-state index >= 15 is 0 Å². The number of ether oxygens (including phenoxy) is 3. The van der Waals surface area contributed by atoms with Crippen molar-refractivity contribution in [3.05, 3.63) is 35.1 Å². The Bertz CT molecular complexity index is 1060. The van der Waals surface area contributed by atoms with E-state index in [4.69, 9.17) is 14.2 Å². The summed E-state index contributed by atoms with van der Waals surface area (Å²) in [6.07, 6.45) is -6.12. The average molecular weight is 477 g/mol. The van der Waals surface area contributed by atoms with Crippen LogP contribution in [0.15, 0.2) is 24.0 Å². The van der Waals surface area contributed by atoms with E-state index in [0.717, 1.165) is 5.56 Å². The molecular formula is C23H27NO10. The molecule has 2 fully saturated rings. The predicted molar refractivity (Wildman–Crippen MR) is 113 cm³/mol. The first-order valence-corrected chi connectivity index (χ1v) is 11.1. The number of carboxylic acids is 1. The summed E-state index contributed by atoms with van der Waals surface area (Å²) < 4.78 is 16.1. The van der Waals surface area contributed by atoms with Gasteiger partial charge in [-0.15, -0.1) is 0 Å². The molecule has 8 atom stereocenters. The van der Waals surface area contributed by atoms with Gasteiger partial charge in [0.25, 0.3) is 0 Å². The first kappa shape index (κ1) is 23.1. The molecule has 34 heavy (non-hydrogen) atoms. The lowest BCUT2D eigenvalue weighted by Crippen LogP contribution is -2.61. The lowest BCUT2D eigenvalue weighted by molar-refractivity contribution is -0.284. The number of benzene rings is 1. The number of carbonyl (C=O) groups is 2. The van der Waals surface area contributed by atoms with Crippen molar-refractivity contribution in [1.82, 2.24) is 5.32 Å². The van der Waals surface area contributed by atoms with E-state index < -0.39 is 47.9 Å². The molecule has 5 rings (SSSR count). The Balaban J connectivity index is 1.50. The average Bonchev–Trinajstić information content (AvgIpc) is 2.79. The van der Waals surface area contributed by atoms with E-state index in [-0.39, 0.29) is 29.9 Å².